The van der Waals surface area contributed by atoms with E-state index in [1.807, 2.05) is 18.2 Å². The van der Waals surface area contributed by atoms with Crippen molar-refractivity contribution in [3.8, 4) is 0 Å². The first kappa shape index (κ1) is 25.4. The van der Waals surface area contributed by atoms with Crippen LogP contribution in [0.25, 0.3) is 0 Å². The number of carboxylic acid groups (broad SMARTS) is 1. The van der Waals surface area contributed by atoms with Gasteiger partial charge in [-0.15, -0.1) is 11.3 Å². The zero-order valence-electron chi connectivity index (χ0n) is 17.5. The number of allylic oxidation sites excluding steroid dienone is 3. The molecule has 30 heavy (non-hydrogen) atoms. The standard InChI is InChI=1S/C23H32BBrO4S/c1-15-21(25)13-18(30-15)10-8-17(26)9-11-19-16(14-24)12-22(27)20(19)6-4-2-3-5-7-23(28)29/h2,4,9,11,13,16-17,19-20,22,26-27H,3,5-8,10,12,14H2,1H3,(H,28,29)/t16-,17-,19-,20+,22?/m0/s1. The molecule has 3 N–H and O–H groups in total. The van der Waals surface area contributed by atoms with Gasteiger partial charge in [0.15, 0.2) is 0 Å². The van der Waals surface area contributed by atoms with Gasteiger partial charge in [-0.2, -0.15) is 0 Å². The van der Waals surface area contributed by atoms with Gasteiger partial charge in [0.25, 0.3) is 0 Å². The Balaban J connectivity index is 1.88. The van der Waals surface area contributed by atoms with E-state index >= 15 is 0 Å². The fraction of sp³-hybridized carbons (Fsp3) is 0.609. The molecule has 1 fully saturated rings. The number of aliphatic hydroxyl groups is 2. The molecule has 2 radical (unpaired) electrons. The maximum absolute atomic E-state index is 10.6. The van der Waals surface area contributed by atoms with Crippen LogP contribution in [0.1, 0.15) is 48.3 Å². The molecular formula is C23H32BBrO4S. The third-order valence-corrected chi connectivity index (χ3v) is 8.06. The van der Waals surface area contributed by atoms with E-state index in [1.54, 1.807) is 11.3 Å². The maximum atomic E-state index is 10.6. The van der Waals surface area contributed by atoms with E-state index in [0.717, 1.165) is 23.7 Å². The molecule has 1 heterocycles. The SMILES string of the molecule is [B]C[C@@H]1CC(O)[C@H](CC=CCCCC(=O)O)[C@H]1C=C[C@@H](O)CCc1cc(Br)c(C)s1. The maximum Gasteiger partial charge on any atom is 0.303 e. The van der Waals surface area contributed by atoms with E-state index in [-0.39, 0.29) is 24.2 Å². The van der Waals surface area contributed by atoms with E-state index in [0.29, 0.717) is 25.6 Å². The summed E-state index contributed by atoms with van der Waals surface area (Å²) in [5.74, 6) is -0.342. The van der Waals surface area contributed by atoms with Crippen molar-refractivity contribution in [1.82, 2.24) is 0 Å². The lowest BCUT2D eigenvalue weighted by Crippen LogP contribution is -2.19. The third-order valence-electron chi connectivity index (χ3n) is 5.87. The molecule has 1 aliphatic rings. The summed E-state index contributed by atoms with van der Waals surface area (Å²) in [4.78, 5) is 13.1. The minimum Gasteiger partial charge on any atom is -0.481 e. The van der Waals surface area contributed by atoms with Crippen molar-refractivity contribution in [2.24, 2.45) is 17.8 Å². The number of aryl methyl sites for hydroxylation is 2. The number of carbonyl (C=O) groups is 1. The van der Waals surface area contributed by atoms with Gasteiger partial charge in [0, 0.05) is 20.6 Å². The molecule has 2 rings (SSSR count). The molecule has 164 valence electrons. The third kappa shape index (κ3) is 7.99. The second-order valence-electron chi connectivity index (χ2n) is 8.14. The summed E-state index contributed by atoms with van der Waals surface area (Å²) in [5.41, 5.74) is 0. The van der Waals surface area contributed by atoms with Crippen molar-refractivity contribution in [3.63, 3.8) is 0 Å². The molecular weight excluding hydrogens is 463 g/mol. The lowest BCUT2D eigenvalue weighted by Gasteiger charge is -2.21. The molecule has 0 bridgehead atoms. The first-order valence-corrected chi connectivity index (χ1v) is 12.3. The minimum absolute atomic E-state index is 0.0774. The molecule has 1 unspecified atom stereocenters. The summed E-state index contributed by atoms with van der Waals surface area (Å²) in [6, 6.07) is 2.12. The van der Waals surface area contributed by atoms with Gasteiger partial charge >= 0.3 is 5.97 Å². The molecule has 4 nitrogen and oxygen atoms in total. The Labute approximate surface area is 193 Å². The van der Waals surface area contributed by atoms with Crippen LogP contribution in [0.2, 0.25) is 6.32 Å². The molecule has 1 aromatic rings. The Morgan fingerprint density at radius 2 is 2.20 bits per heavy atom. The first-order valence-electron chi connectivity index (χ1n) is 10.7. The van der Waals surface area contributed by atoms with Crippen LogP contribution in [-0.2, 0) is 11.2 Å². The van der Waals surface area contributed by atoms with Crippen molar-refractivity contribution in [1.29, 1.82) is 0 Å². The van der Waals surface area contributed by atoms with E-state index in [4.69, 9.17) is 13.0 Å². The summed E-state index contributed by atoms with van der Waals surface area (Å²) in [6.07, 6.45) is 12.0. The van der Waals surface area contributed by atoms with E-state index in [1.165, 1.54) is 9.75 Å². The Morgan fingerprint density at radius 3 is 2.83 bits per heavy atom. The predicted octanol–water partition coefficient (Wildman–Crippen LogP) is 5.07. The fourth-order valence-corrected chi connectivity index (χ4v) is 5.76. The van der Waals surface area contributed by atoms with E-state index in [9.17, 15) is 15.0 Å². The van der Waals surface area contributed by atoms with Gasteiger partial charge in [-0.05, 0) is 85.2 Å². The van der Waals surface area contributed by atoms with E-state index in [2.05, 4.69) is 35.0 Å². The Kier molecular flexibility index (Phi) is 10.9. The normalized spacial score (nSPS) is 25.5. The van der Waals surface area contributed by atoms with Gasteiger partial charge in [0.1, 0.15) is 0 Å². The molecule has 0 spiro atoms. The van der Waals surface area contributed by atoms with Gasteiger partial charge in [0.2, 0.25) is 0 Å². The number of hydrogen-bond acceptors (Lipinski definition) is 4. The van der Waals surface area contributed by atoms with Gasteiger partial charge in [-0.1, -0.05) is 30.6 Å². The predicted molar refractivity (Wildman–Crippen MR) is 127 cm³/mol. The summed E-state index contributed by atoms with van der Waals surface area (Å²) in [6.45, 7) is 2.08. The van der Waals surface area contributed by atoms with Crippen LogP contribution in [0.5, 0.6) is 0 Å². The van der Waals surface area contributed by atoms with E-state index < -0.39 is 18.2 Å². The van der Waals surface area contributed by atoms with Crippen LogP contribution in [0, 0.1) is 24.7 Å². The highest BCUT2D eigenvalue weighted by molar-refractivity contribution is 9.10. The fourth-order valence-electron chi connectivity index (χ4n) is 4.14. The topological polar surface area (TPSA) is 77.8 Å². The van der Waals surface area contributed by atoms with Gasteiger partial charge < -0.3 is 15.3 Å². The van der Waals surface area contributed by atoms with Crippen LogP contribution < -0.4 is 0 Å². The van der Waals surface area contributed by atoms with Crippen molar-refractivity contribution >= 4 is 41.1 Å². The molecule has 0 saturated heterocycles. The highest BCUT2D eigenvalue weighted by Crippen LogP contribution is 2.42. The Bertz CT molecular complexity index is 713. The summed E-state index contributed by atoms with van der Waals surface area (Å²) < 4.78 is 1.12. The van der Waals surface area contributed by atoms with Crippen molar-refractivity contribution in [2.75, 3.05) is 0 Å². The number of aliphatic hydroxyl groups excluding tert-OH is 2. The molecule has 1 saturated carbocycles. The summed E-state index contributed by atoms with van der Waals surface area (Å²) >= 11 is 5.28. The lowest BCUT2D eigenvalue weighted by atomic mass is 9.80. The molecule has 0 aliphatic heterocycles. The average Bonchev–Trinajstić information content (AvgIpc) is 3.19. The molecule has 7 heteroatoms. The summed E-state index contributed by atoms with van der Waals surface area (Å²) in [5, 5.41) is 29.6. The monoisotopic (exact) mass is 494 g/mol. The highest BCUT2D eigenvalue weighted by atomic mass is 79.9. The van der Waals surface area contributed by atoms with Crippen LogP contribution in [0.15, 0.2) is 34.8 Å². The van der Waals surface area contributed by atoms with Gasteiger partial charge in [-0.25, -0.2) is 0 Å². The molecule has 0 amide bonds. The number of unbranched alkanes of at least 4 members (excludes halogenated alkanes) is 1. The first-order chi connectivity index (χ1) is 14.3. The minimum atomic E-state index is -0.772. The van der Waals surface area contributed by atoms with Crippen molar-refractivity contribution < 1.29 is 20.1 Å². The number of aliphatic carboxylic acids is 1. The molecule has 1 aliphatic carbocycles. The smallest absolute Gasteiger partial charge is 0.303 e. The largest absolute Gasteiger partial charge is 0.481 e. The summed E-state index contributed by atoms with van der Waals surface area (Å²) in [7, 11) is 5.94. The second-order valence-corrected chi connectivity index (χ2v) is 10.3. The second kappa shape index (κ2) is 12.8. The number of rotatable bonds is 12. The van der Waals surface area contributed by atoms with Crippen LogP contribution >= 0.6 is 27.3 Å². The van der Waals surface area contributed by atoms with Crippen LogP contribution in [-0.4, -0.2) is 41.3 Å². The highest BCUT2D eigenvalue weighted by Gasteiger charge is 2.39. The number of halogens is 1. The molecule has 0 aromatic carbocycles. The van der Waals surface area contributed by atoms with Crippen molar-refractivity contribution in [2.45, 2.75) is 70.4 Å². The van der Waals surface area contributed by atoms with Gasteiger partial charge in [0.05, 0.1) is 20.1 Å². The Hall–Kier alpha value is -0.885. The quantitative estimate of drug-likeness (QED) is 0.215. The number of hydrogen-bond donors (Lipinski definition) is 3. The zero-order chi connectivity index (χ0) is 22.1. The number of thiophene rings is 1. The van der Waals surface area contributed by atoms with Crippen LogP contribution in [0.4, 0.5) is 0 Å². The number of carboxylic acids is 1. The van der Waals surface area contributed by atoms with Crippen LogP contribution in [0.3, 0.4) is 0 Å². The lowest BCUT2D eigenvalue weighted by molar-refractivity contribution is -0.137. The van der Waals surface area contributed by atoms with Crippen molar-refractivity contribution in [3.05, 3.63) is 44.6 Å². The molecule has 1 aromatic heterocycles. The zero-order valence-corrected chi connectivity index (χ0v) is 19.9. The Morgan fingerprint density at radius 1 is 1.43 bits per heavy atom. The average molecular weight is 495 g/mol. The van der Waals surface area contributed by atoms with Gasteiger partial charge in [-0.3, -0.25) is 4.79 Å². The molecule has 5 atom stereocenters.